The zero-order valence-electron chi connectivity index (χ0n) is 12.1. The first-order valence-electron chi connectivity index (χ1n) is 6.22. The van der Waals surface area contributed by atoms with Gasteiger partial charge in [0.2, 0.25) is 5.91 Å². The number of hydrogen-bond acceptors (Lipinski definition) is 5. The van der Waals surface area contributed by atoms with Crippen molar-refractivity contribution in [2.24, 2.45) is 0 Å². The zero-order chi connectivity index (χ0) is 15.0. The molecule has 1 aromatic rings. The van der Waals surface area contributed by atoms with Gasteiger partial charge in [0.15, 0.2) is 0 Å². The van der Waals surface area contributed by atoms with Crippen molar-refractivity contribution in [3.8, 4) is 0 Å². The predicted molar refractivity (Wildman–Crippen MR) is 81.6 cm³/mol. The van der Waals surface area contributed by atoms with Crippen molar-refractivity contribution in [2.75, 3.05) is 33.9 Å². The second-order valence-electron chi connectivity index (χ2n) is 4.31. The number of nitro groups is 1. The number of ether oxygens (including phenoxy) is 1. The van der Waals surface area contributed by atoms with Gasteiger partial charge in [0.25, 0.3) is 5.69 Å². The van der Waals surface area contributed by atoms with Crippen LogP contribution in [0.2, 0.25) is 0 Å². The average molecular weight is 318 g/mol. The summed E-state index contributed by atoms with van der Waals surface area (Å²) in [4.78, 5) is 23.8. The standard InChI is InChI=1S/C13H19N3O4.ClH/c1-15(13(17)9-14-7-8-20-2)10-11-5-3-4-6-12(11)16(18)19;/h3-6,14H,7-10H2,1-2H3;1H. The van der Waals surface area contributed by atoms with Crippen LogP contribution < -0.4 is 5.32 Å². The number of hydrogen-bond donors (Lipinski definition) is 1. The lowest BCUT2D eigenvalue weighted by molar-refractivity contribution is -0.385. The summed E-state index contributed by atoms with van der Waals surface area (Å²) in [6, 6.07) is 6.41. The molecule has 0 atom stereocenters. The number of carbonyl (C=O) groups is 1. The molecule has 0 saturated carbocycles. The van der Waals surface area contributed by atoms with E-state index in [4.69, 9.17) is 4.74 Å². The van der Waals surface area contributed by atoms with Crippen molar-refractivity contribution in [1.29, 1.82) is 0 Å². The van der Waals surface area contributed by atoms with Crippen LogP contribution >= 0.6 is 12.4 Å². The van der Waals surface area contributed by atoms with E-state index in [-0.39, 0.29) is 37.1 Å². The van der Waals surface area contributed by atoms with Crippen LogP contribution in [-0.2, 0) is 16.1 Å². The van der Waals surface area contributed by atoms with E-state index in [1.165, 1.54) is 11.0 Å². The van der Waals surface area contributed by atoms with Crippen LogP contribution in [-0.4, -0.2) is 49.6 Å². The fourth-order valence-electron chi connectivity index (χ4n) is 1.67. The molecule has 0 aliphatic heterocycles. The molecule has 0 saturated heterocycles. The molecule has 7 nitrogen and oxygen atoms in total. The van der Waals surface area contributed by atoms with Gasteiger partial charge in [-0.25, -0.2) is 0 Å². The first kappa shape index (κ1) is 19.3. The van der Waals surface area contributed by atoms with Crippen LogP contribution in [0.1, 0.15) is 5.56 Å². The van der Waals surface area contributed by atoms with Crippen molar-refractivity contribution >= 4 is 24.0 Å². The molecule has 0 aliphatic carbocycles. The maximum atomic E-state index is 11.8. The molecule has 8 heteroatoms. The van der Waals surface area contributed by atoms with E-state index in [1.54, 1.807) is 32.4 Å². The number of para-hydroxylation sites is 1. The second-order valence-corrected chi connectivity index (χ2v) is 4.31. The lowest BCUT2D eigenvalue weighted by Crippen LogP contribution is -2.36. The molecule has 0 aromatic heterocycles. The number of carbonyl (C=O) groups excluding carboxylic acids is 1. The van der Waals surface area contributed by atoms with Crippen molar-refractivity contribution in [3.05, 3.63) is 39.9 Å². The highest BCUT2D eigenvalue weighted by molar-refractivity contribution is 5.85. The van der Waals surface area contributed by atoms with Crippen molar-refractivity contribution in [3.63, 3.8) is 0 Å². The molecule has 1 N–H and O–H groups in total. The third kappa shape index (κ3) is 6.52. The number of halogens is 1. The topological polar surface area (TPSA) is 84.7 Å². The van der Waals surface area contributed by atoms with Gasteiger partial charge >= 0.3 is 0 Å². The summed E-state index contributed by atoms with van der Waals surface area (Å²) in [6.07, 6.45) is 0. The van der Waals surface area contributed by atoms with Gasteiger partial charge in [-0.15, -0.1) is 12.4 Å². The quantitative estimate of drug-likeness (QED) is 0.442. The van der Waals surface area contributed by atoms with Crippen molar-refractivity contribution in [1.82, 2.24) is 10.2 Å². The van der Waals surface area contributed by atoms with Gasteiger partial charge in [-0.2, -0.15) is 0 Å². The van der Waals surface area contributed by atoms with Gasteiger partial charge < -0.3 is 15.0 Å². The van der Waals surface area contributed by atoms with Gasteiger partial charge in [0.1, 0.15) is 0 Å². The molecule has 0 spiro atoms. The maximum Gasteiger partial charge on any atom is 0.274 e. The zero-order valence-corrected chi connectivity index (χ0v) is 12.9. The SMILES string of the molecule is COCCNCC(=O)N(C)Cc1ccccc1[N+](=O)[O-].Cl. The van der Waals surface area contributed by atoms with Crippen molar-refractivity contribution in [2.45, 2.75) is 6.54 Å². The number of nitrogens with zero attached hydrogens (tertiary/aromatic N) is 2. The molecule has 0 heterocycles. The molecule has 1 amide bonds. The number of rotatable bonds is 8. The van der Waals surface area contributed by atoms with Crippen LogP contribution in [0.4, 0.5) is 5.69 Å². The third-order valence-corrected chi connectivity index (χ3v) is 2.78. The van der Waals surface area contributed by atoms with Gasteiger partial charge in [0, 0.05) is 32.3 Å². The Balaban J connectivity index is 0.00000400. The largest absolute Gasteiger partial charge is 0.383 e. The summed E-state index contributed by atoms with van der Waals surface area (Å²) in [7, 11) is 3.21. The van der Waals surface area contributed by atoms with Crippen LogP contribution in [0, 0.1) is 10.1 Å². The van der Waals surface area contributed by atoms with Gasteiger partial charge in [-0.05, 0) is 0 Å². The van der Waals surface area contributed by atoms with Crippen LogP contribution in [0.15, 0.2) is 24.3 Å². The highest BCUT2D eigenvalue weighted by atomic mass is 35.5. The Morgan fingerprint density at radius 2 is 2.10 bits per heavy atom. The van der Waals surface area contributed by atoms with E-state index in [0.29, 0.717) is 18.7 Å². The average Bonchev–Trinajstić information content (AvgIpc) is 2.43. The summed E-state index contributed by atoms with van der Waals surface area (Å²) in [5, 5.41) is 13.8. The molecule has 1 aromatic carbocycles. The smallest absolute Gasteiger partial charge is 0.274 e. The summed E-state index contributed by atoms with van der Waals surface area (Å²) >= 11 is 0. The van der Waals surface area contributed by atoms with E-state index in [2.05, 4.69) is 5.32 Å². The van der Waals surface area contributed by atoms with E-state index in [0.717, 1.165) is 0 Å². The molecule has 118 valence electrons. The van der Waals surface area contributed by atoms with E-state index in [1.807, 2.05) is 0 Å². The Morgan fingerprint density at radius 1 is 1.43 bits per heavy atom. The third-order valence-electron chi connectivity index (χ3n) is 2.78. The molecule has 0 aliphatic rings. The Labute approximate surface area is 129 Å². The molecule has 0 bridgehead atoms. The monoisotopic (exact) mass is 317 g/mol. The number of amides is 1. The summed E-state index contributed by atoms with van der Waals surface area (Å²) in [5.74, 6) is -0.126. The van der Waals surface area contributed by atoms with Crippen molar-refractivity contribution < 1.29 is 14.5 Å². The minimum atomic E-state index is -0.440. The minimum absolute atomic E-state index is 0. The molecule has 0 unspecified atom stereocenters. The van der Waals surface area contributed by atoms with Crippen LogP contribution in [0.5, 0.6) is 0 Å². The minimum Gasteiger partial charge on any atom is -0.383 e. The van der Waals surface area contributed by atoms with Gasteiger partial charge in [0.05, 0.1) is 24.6 Å². The summed E-state index contributed by atoms with van der Waals surface area (Å²) < 4.78 is 4.86. The Kier molecular flexibility index (Phi) is 9.27. The lowest BCUT2D eigenvalue weighted by atomic mass is 10.1. The normalized spacial score (nSPS) is 9.81. The molecule has 0 radical (unpaired) electrons. The lowest BCUT2D eigenvalue weighted by Gasteiger charge is -2.17. The van der Waals surface area contributed by atoms with Crippen LogP contribution in [0.25, 0.3) is 0 Å². The Bertz CT molecular complexity index is 470. The maximum absolute atomic E-state index is 11.8. The van der Waals surface area contributed by atoms with E-state index >= 15 is 0 Å². The number of methoxy groups -OCH3 is 1. The van der Waals surface area contributed by atoms with Gasteiger partial charge in [-0.3, -0.25) is 14.9 Å². The fourth-order valence-corrected chi connectivity index (χ4v) is 1.67. The fraction of sp³-hybridized carbons (Fsp3) is 0.462. The second kappa shape index (κ2) is 10.1. The molecule has 1 rings (SSSR count). The van der Waals surface area contributed by atoms with Crippen LogP contribution in [0.3, 0.4) is 0 Å². The highest BCUT2D eigenvalue weighted by Crippen LogP contribution is 2.18. The summed E-state index contributed by atoms with van der Waals surface area (Å²) in [6.45, 7) is 1.51. The highest BCUT2D eigenvalue weighted by Gasteiger charge is 2.16. The van der Waals surface area contributed by atoms with E-state index < -0.39 is 4.92 Å². The first-order chi connectivity index (χ1) is 9.56. The first-order valence-corrected chi connectivity index (χ1v) is 6.22. The summed E-state index contributed by atoms with van der Waals surface area (Å²) in [5.41, 5.74) is 0.546. The molecular weight excluding hydrogens is 298 g/mol. The number of benzene rings is 1. The number of nitro benzene ring substituents is 1. The molecular formula is C13H20ClN3O4. The van der Waals surface area contributed by atoms with E-state index in [9.17, 15) is 14.9 Å². The molecule has 0 fully saturated rings. The predicted octanol–water partition coefficient (Wildman–Crippen LogP) is 1.21. The van der Waals surface area contributed by atoms with Gasteiger partial charge in [-0.1, -0.05) is 18.2 Å². The number of likely N-dealkylation sites (N-methyl/N-ethyl adjacent to an activating group) is 1. The number of nitrogens with one attached hydrogen (secondary N) is 1. The molecule has 21 heavy (non-hydrogen) atoms. The Hall–Kier alpha value is -1.70. The Morgan fingerprint density at radius 3 is 2.71 bits per heavy atom.